The van der Waals surface area contributed by atoms with E-state index in [0.29, 0.717) is 31.6 Å². The molecule has 1 aliphatic heterocycles. The van der Waals surface area contributed by atoms with Gasteiger partial charge in [-0.05, 0) is 49.6 Å². The molecule has 1 aromatic rings. The van der Waals surface area contributed by atoms with Crippen molar-refractivity contribution >= 4 is 21.5 Å². The Bertz CT molecular complexity index is 541. The number of nitrogens with one attached hydrogen (secondary N) is 2. The molecule has 2 heterocycles. The molecule has 1 unspecified atom stereocenters. The van der Waals surface area contributed by atoms with E-state index in [-0.39, 0.29) is 0 Å². The highest BCUT2D eigenvalue weighted by atomic mass is 32.2. The van der Waals surface area contributed by atoms with Crippen LogP contribution in [-0.4, -0.2) is 38.4 Å². The van der Waals surface area contributed by atoms with Gasteiger partial charge in [-0.3, -0.25) is 0 Å². The number of thiophene rings is 1. The van der Waals surface area contributed by atoms with E-state index < -0.39 is 10.2 Å². The molecule has 1 saturated carbocycles. The molecule has 7 heteroatoms. The largest absolute Gasteiger partial charge is 0.314 e. The molecule has 1 aliphatic carbocycles. The van der Waals surface area contributed by atoms with Gasteiger partial charge in [-0.15, -0.1) is 11.3 Å². The third kappa shape index (κ3) is 4.50. The lowest BCUT2D eigenvalue weighted by molar-refractivity contribution is 0.257. The molecular formula is C14H23N3O2S2. The number of hydrogen-bond acceptors (Lipinski definition) is 4. The first-order chi connectivity index (χ1) is 10.1. The summed E-state index contributed by atoms with van der Waals surface area (Å²) in [6.07, 6.45) is 4.63. The van der Waals surface area contributed by atoms with Gasteiger partial charge in [0, 0.05) is 30.6 Å². The summed E-state index contributed by atoms with van der Waals surface area (Å²) in [6.45, 7) is 2.61. The lowest BCUT2D eigenvalue weighted by atomic mass is 10.00. The molecule has 1 saturated heterocycles. The van der Waals surface area contributed by atoms with Gasteiger partial charge in [0.2, 0.25) is 0 Å². The molecular weight excluding hydrogens is 306 g/mol. The van der Waals surface area contributed by atoms with Crippen molar-refractivity contribution in [3.8, 4) is 0 Å². The van der Waals surface area contributed by atoms with Gasteiger partial charge in [-0.2, -0.15) is 17.4 Å². The summed E-state index contributed by atoms with van der Waals surface area (Å²) in [5.41, 5.74) is 0. The lowest BCUT2D eigenvalue weighted by Gasteiger charge is -2.32. The summed E-state index contributed by atoms with van der Waals surface area (Å²) < 4.78 is 29.1. The fraction of sp³-hybridized carbons (Fsp3) is 0.714. The number of hydrogen-bond donors (Lipinski definition) is 2. The molecule has 0 spiro atoms. The fourth-order valence-electron chi connectivity index (χ4n) is 2.70. The predicted octanol–water partition coefficient (Wildman–Crippen LogP) is 1.55. The normalized spacial score (nSPS) is 24.3. The maximum Gasteiger partial charge on any atom is 0.279 e. The van der Waals surface area contributed by atoms with Crippen LogP contribution in [0.1, 0.15) is 30.6 Å². The Kier molecular flexibility index (Phi) is 4.96. The quantitative estimate of drug-likeness (QED) is 0.798. The Morgan fingerprint density at radius 3 is 2.90 bits per heavy atom. The van der Waals surface area contributed by atoms with Crippen molar-refractivity contribution < 1.29 is 8.42 Å². The van der Waals surface area contributed by atoms with Gasteiger partial charge in [-0.25, -0.2) is 0 Å². The van der Waals surface area contributed by atoms with Crippen molar-refractivity contribution in [3.63, 3.8) is 0 Å². The lowest BCUT2D eigenvalue weighted by Crippen LogP contribution is -2.47. The molecule has 1 aromatic heterocycles. The monoisotopic (exact) mass is 329 g/mol. The van der Waals surface area contributed by atoms with Crippen LogP contribution in [0.25, 0.3) is 0 Å². The fourth-order valence-corrected chi connectivity index (χ4v) is 4.73. The summed E-state index contributed by atoms with van der Waals surface area (Å²) in [7, 11) is -3.35. The zero-order chi connectivity index (χ0) is 14.7. The molecule has 0 radical (unpaired) electrons. The minimum Gasteiger partial charge on any atom is -0.314 e. The smallest absolute Gasteiger partial charge is 0.279 e. The molecule has 118 valence electrons. The topological polar surface area (TPSA) is 61.4 Å². The van der Waals surface area contributed by atoms with Crippen LogP contribution in [-0.2, 0) is 16.8 Å². The summed E-state index contributed by atoms with van der Waals surface area (Å²) in [4.78, 5) is 1.04. The van der Waals surface area contributed by atoms with Gasteiger partial charge in [0.1, 0.15) is 0 Å². The second-order valence-corrected chi connectivity index (χ2v) is 8.74. The Balaban J connectivity index is 1.50. The van der Waals surface area contributed by atoms with Gasteiger partial charge in [0.15, 0.2) is 0 Å². The van der Waals surface area contributed by atoms with E-state index in [4.69, 9.17) is 0 Å². The number of nitrogens with zero attached hydrogens (tertiary/aromatic N) is 1. The average molecular weight is 329 g/mol. The van der Waals surface area contributed by atoms with E-state index >= 15 is 0 Å². The van der Waals surface area contributed by atoms with E-state index in [0.717, 1.165) is 24.3 Å². The van der Waals surface area contributed by atoms with Crippen molar-refractivity contribution in [2.24, 2.45) is 5.92 Å². The highest BCUT2D eigenvalue weighted by molar-refractivity contribution is 7.87. The molecule has 2 fully saturated rings. The van der Waals surface area contributed by atoms with Crippen LogP contribution in [0, 0.1) is 5.92 Å². The SMILES string of the molecule is O=S(=O)(NCc1cccs1)N1CCCC(CNC2CC2)C1. The average Bonchev–Trinajstić information content (AvgIpc) is 3.17. The van der Waals surface area contributed by atoms with Crippen molar-refractivity contribution in [3.05, 3.63) is 22.4 Å². The van der Waals surface area contributed by atoms with Gasteiger partial charge < -0.3 is 5.32 Å². The molecule has 0 aromatic carbocycles. The molecule has 1 atom stereocenters. The first-order valence-electron chi connectivity index (χ1n) is 7.64. The van der Waals surface area contributed by atoms with Gasteiger partial charge in [0.25, 0.3) is 10.2 Å². The van der Waals surface area contributed by atoms with Crippen molar-refractivity contribution in [2.45, 2.75) is 38.3 Å². The van der Waals surface area contributed by atoms with Crippen LogP contribution in [0.15, 0.2) is 17.5 Å². The number of piperidine rings is 1. The molecule has 21 heavy (non-hydrogen) atoms. The Morgan fingerprint density at radius 2 is 2.19 bits per heavy atom. The van der Waals surface area contributed by atoms with Gasteiger partial charge >= 0.3 is 0 Å². The maximum atomic E-state index is 12.4. The zero-order valence-corrected chi connectivity index (χ0v) is 13.8. The molecule has 0 bridgehead atoms. The Hall–Kier alpha value is -0.470. The van der Waals surface area contributed by atoms with Crippen molar-refractivity contribution in [2.75, 3.05) is 19.6 Å². The van der Waals surface area contributed by atoms with Crippen LogP contribution in [0.2, 0.25) is 0 Å². The highest BCUT2D eigenvalue weighted by Gasteiger charge is 2.30. The third-order valence-electron chi connectivity index (χ3n) is 4.10. The maximum absolute atomic E-state index is 12.4. The Morgan fingerprint density at radius 1 is 1.33 bits per heavy atom. The standard InChI is InChI=1S/C14H23N3O2S2/c18-21(19,16-10-14-4-2-8-20-14)17-7-1-3-12(11-17)9-15-13-5-6-13/h2,4,8,12-13,15-16H,1,3,5-7,9-11H2. The van der Waals surface area contributed by atoms with Gasteiger partial charge in [-0.1, -0.05) is 6.07 Å². The van der Waals surface area contributed by atoms with E-state index in [1.54, 1.807) is 15.6 Å². The summed E-state index contributed by atoms with van der Waals surface area (Å²) in [6, 6.07) is 4.58. The van der Waals surface area contributed by atoms with Crippen molar-refractivity contribution in [1.82, 2.24) is 14.3 Å². The first-order valence-corrected chi connectivity index (χ1v) is 9.96. The van der Waals surface area contributed by atoms with E-state index in [9.17, 15) is 8.42 Å². The Labute approximate surface area is 130 Å². The minimum absolute atomic E-state index is 0.390. The van der Waals surface area contributed by atoms with Crippen molar-refractivity contribution in [1.29, 1.82) is 0 Å². The minimum atomic E-state index is -3.35. The summed E-state index contributed by atoms with van der Waals surface area (Å²) in [5.74, 6) is 0.442. The molecule has 3 rings (SSSR count). The third-order valence-corrected chi connectivity index (χ3v) is 6.50. The molecule has 5 nitrogen and oxygen atoms in total. The van der Waals surface area contributed by atoms with Crippen LogP contribution >= 0.6 is 11.3 Å². The predicted molar refractivity (Wildman–Crippen MR) is 85.4 cm³/mol. The van der Waals surface area contributed by atoms with E-state index in [2.05, 4.69) is 10.0 Å². The zero-order valence-electron chi connectivity index (χ0n) is 12.1. The van der Waals surface area contributed by atoms with E-state index in [1.165, 1.54) is 12.8 Å². The van der Waals surface area contributed by atoms with Crippen LogP contribution in [0.4, 0.5) is 0 Å². The summed E-state index contributed by atoms with van der Waals surface area (Å²) in [5, 5.41) is 5.47. The van der Waals surface area contributed by atoms with Crippen LogP contribution < -0.4 is 10.0 Å². The molecule has 0 amide bonds. The second kappa shape index (κ2) is 6.75. The second-order valence-electron chi connectivity index (χ2n) is 5.95. The van der Waals surface area contributed by atoms with E-state index in [1.807, 2.05) is 17.5 Å². The summed E-state index contributed by atoms with van der Waals surface area (Å²) >= 11 is 1.57. The van der Waals surface area contributed by atoms with Crippen LogP contribution in [0.5, 0.6) is 0 Å². The number of rotatable bonds is 7. The van der Waals surface area contributed by atoms with Crippen LogP contribution in [0.3, 0.4) is 0 Å². The highest BCUT2D eigenvalue weighted by Crippen LogP contribution is 2.22. The molecule has 2 aliphatic rings. The first kappa shape index (κ1) is 15.4. The molecule has 2 N–H and O–H groups in total. The van der Waals surface area contributed by atoms with Gasteiger partial charge in [0.05, 0.1) is 0 Å².